The molecule has 0 unspecified atom stereocenters. The maximum absolute atomic E-state index is 10.7. The van der Waals surface area contributed by atoms with Gasteiger partial charge in [0.05, 0.1) is 6.61 Å². The maximum atomic E-state index is 10.7. The molecule has 0 aliphatic heterocycles. The molecule has 0 N–H and O–H groups in total. The first kappa shape index (κ1) is 11.4. The summed E-state index contributed by atoms with van der Waals surface area (Å²) in [4.78, 5) is 21.2. The van der Waals surface area contributed by atoms with Crippen molar-refractivity contribution in [3.05, 3.63) is 0 Å². The maximum Gasteiger partial charge on any atom is 0.313 e. The Morgan fingerprint density at radius 3 is 2.50 bits per heavy atom. The lowest BCUT2D eigenvalue weighted by atomic mass is 10.3. The number of alkyl halides is 1. The van der Waals surface area contributed by atoms with Crippen LogP contribution < -0.4 is 0 Å². The highest BCUT2D eigenvalue weighted by molar-refractivity contribution is 6.17. The largest absolute Gasteiger partial charge is 0.465 e. The summed E-state index contributed by atoms with van der Waals surface area (Å²) >= 11 is 5.41. The van der Waals surface area contributed by atoms with Gasteiger partial charge in [-0.3, -0.25) is 9.59 Å². The molecule has 0 radical (unpaired) electrons. The molecular formula is C8H13ClO3. The number of carbonyl (C=O) groups excluding carboxylic acids is 2. The third-order valence-corrected chi connectivity index (χ3v) is 1.45. The fourth-order valence-electron chi connectivity index (χ4n) is 0.637. The van der Waals surface area contributed by atoms with Crippen molar-refractivity contribution < 1.29 is 14.3 Å². The van der Waals surface area contributed by atoms with Crippen molar-refractivity contribution in [2.45, 2.75) is 26.2 Å². The number of rotatable bonds is 6. The number of carbonyl (C=O) groups is 2. The molecule has 0 atom stereocenters. The van der Waals surface area contributed by atoms with Gasteiger partial charge >= 0.3 is 5.97 Å². The molecule has 0 saturated heterocycles. The van der Waals surface area contributed by atoms with E-state index in [0.717, 1.165) is 12.8 Å². The molecule has 0 fully saturated rings. The second-order valence-corrected chi connectivity index (χ2v) is 2.87. The summed E-state index contributed by atoms with van der Waals surface area (Å²) < 4.78 is 4.74. The second kappa shape index (κ2) is 7.10. The molecular weight excluding hydrogens is 180 g/mol. The number of hydrogen-bond donors (Lipinski definition) is 0. The molecule has 0 rings (SSSR count). The SMILES string of the molecule is CC(=O)CC(=O)OCCCCCl. The molecule has 0 saturated carbocycles. The summed E-state index contributed by atoms with van der Waals surface area (Å²) in [6.07, 6.45) is 1.46. The average Bonchev–Trinajstić information content (AvgIpc) is 1.97. The normalized spacial score (nSPS) is 9.50. The predicted octanol–water partition coefficient (Wildman–Crippen LogP) is 1.53. The van der Waals surface area contributed by atoms with Gasteiger partial charge in [-0.2, -0.15) is 0 Å². The Kier molecular flexibility index (Phi) is 6.76. The van der Waals surface area contributed by atoms with Gasteiger partial charge in [0.25, 0.3) is 0 Å². The fourth-order valence-corrected chi connectivity index (χ4v) is 0.826. The van der Waals surface area contributed by atoms with E-state index in [4.69, 9.17) is 16.3 Å². The molecule has 4 heteroatoms. The predicted molar refractivity (Wildman–Crippen MR) is 46.2 cm³/mol. The van der Waals surface area contributed by atoms with Crippen LogP contribution in [0.1, 0.15) is 26.2 Å². The Labute approximate surface area is 77.0 Å². The van der Waals surface area contributed by atoms with Crippen molar-refractivity contribution in [3.63, 3.8) is 0 Å². The average molecular weight is 193 g/mol. The number of esters is 1. The molecule has 0 bridgehead atoms. The van der Waals surface area contributed by atoms with Crippen LogP contribution in [0.15, 0.2) is 0 Å². The van der Waals surface area contributed by atoms with Crippen molar-refractivity contribution in [1.82, 2.24) is 0 Å². The van der Waals surface area contributed by atoms with Gasteiger partial charge in [0, 0.05) is 5.88 Å². The molecule has 0 heterocycles. The number of hydrogen-bond acceptors (Lipinski definition) is 3. The second-order valence-electron chi connectivity index (χ2n) is 2.50. The van der Waals surface area contributed by atoms with E-state index in [0.29, 0.717) is 12.5 Å². The molecule has 0 spiro atoms. The van der Waals surface area contributed by atoms with E-state index in [9.17, 15) is 9.59 Å². The topological polar surface area (TPSA) is 43.4 Å². The van der Waals surface area contributed by atoms with Gasteiger partial charge in [0.1, 0.15) is 12.2 Å². The third kappa shape index (κ3) is 7.54. The Morgan fingerprint density at radius 2 is 2.00 bits per heavy atom. The fraction of sp³-hybridized carbons (Fsp3) is 0.750. The van der Waals surface area contributed by atoms with Gasteiger partial charge < -0.3 is 4.74 Å². The van der Waals surface area contributed by atoms with Crippen molar-refractivity contribution >= 4 is 23.4 Å². The Bertz CT molecular complexity index is 156. The highest BCUT2D eigenvalue weighted by Crippen LogP contribution is 1.94. The minimum Gasteiger partial charge on any atom is -0.465 e. The molecule has 0 aromatic heterocycles. The molecule has 70 valence electrons. The monoisotopic (exact) mass is 192 g/mol. The molecule has 0 aliphatic carbocycles. The molecule has 12 heavy (non-hydrogen) atoms. The first-order chi connectivity index (χ1) is 5.66. The van der Waals surface area contributed by atoms with Crippen molar-refractivity contribution in [2.24, 2.45) is 0 Å². The van der Waals surface area contributed by atoms with Crippen LogP contribution in [0.25, 0.3) is 0 Å². The van der Waals surface area contributed by atoms with Crippen molar-refractivity contribution in [3.8, 4) is 0 Å². The highest BCUT2D eigenvalue weighted by atomic mass is 35.5. The van der Waals surface area contributed by atoms with E-state index in [-0.39, 0.29) is 12.2 Å². The summed E-state index contributed by atoms with van der Waals surface area (Å²) in [5.74, 6) is -0.0426. The molecule has 0 amide bonds. The van der Waals surface area contributed by atoms with Gasteiger partial charge in [-0.25, -0.2) is 0 Å². The first-order valence-corrected chi connectivity index (χ1v) is 4.41. The van der Waals surface area contributed by atoms with Gasteiger partial charge in [-0.05, 0) is 19.8 Å². The van der Waals surface area contributed by atoms with Gasteiger partial charge in [0.15, 0.2) is 0 Å². The lowest BCUT2D eigenvalue weighted by Gasteiger charge is -2.01. The summed E-state index contributed by atoms with van der Waals surface area (Å²) in [7, 11) is 0. The van der Waals surface area contributed by atoms with Crippen LogP contribution in [-0.2, 0) is 14.3 Å². The van der Waals surface area contributed by atoms with E-state index in [1.807, 2.05) is 0 Å². The standard InChI is InChI=1S/C8H13ClO3/c1-7(10)6-8(11)12-5-3-2-4-9/h2-6H2,1H3. The first-order valence-electron chi connectivity index (χ1n) is 3.88. The molecule has 0 aliphatic rings. The van der Waals surface area contributed by atoms with E-state index in [1.54, 1.807) is 0 Å². The Morgan fingerprint density at radius 1 is 1.33 bits per heavy atom. The Balaban J connectivity index is 3.26. The van der Waals surface area contributed by atoms with Crippen LogP contribution in [0, 0.1) is 0 Å². The van der Waals surface area contributed by atoms with Crippen molar-refractivity contribution in [1.29, 1.82) is 0 Å². The summed E-state index contributed by atoms with van der Waals surface area (Å²) in [5, 5.41) is 0. The van der Waals surface area contributed by atoms with Crippen molar-refractivity contribution in [2.75, 3.05) is 12.5 Å². The number of unbranched alkanes of at least 4 members (excludes halogenated alkanes) is 1. The van der Waals surface area contributed by atoms with E-state index in [1.165, 1.54) is 6.92 Å². The zero-order chi connectivity index (χ0) is 9.40. The van der Waals surface area contributed by atoms with Gasteiger partial charge in [-0.15, -0.1) is 11.6 Å². The van der Waals surface area contributed by atoms with Gasteiger partial charge in [0.2, 0.25) is 0 Å². The summed E-state index contributed by atoms with van der Waals surface area (Å²) in [6.45, 7) is 1.72. The van der Waals surface area contributed by atoms with Crippen LogP contribution in [0.4, 0.5) is 0 Å². The van der Waals surface area contributed by atoms with Gasteiger partial charge in [-0.1, -0.05) is 0 Å². The number of ketones is 1. The number of ether oxygens (including phenoxy) is 1. The van der Waals surface area contributed by atoms with Crippen LogP contribution in [0.2, 0.25) is 0 Å². The summed E-state index contributed by atoms with van der Waals surface area (Å²) in [6, 6.07) is 0. The lowest BCUT2D eigenvalue weighted by Crippen LogP contribution is -2.09. The smallest absolute Gasteiger partial charge is 0.313 e. The van der Waals surface area contributed by atoms with Crippen LogP contribution in [0.5, 0.6) is 0 Å². The van der Waals surface area contributed by atoms with Crippen LogP contribution in [0.3, 0.4) is 0 Å². The minimum atomic E-state index is -0.447. The van der Waals surface area contributed by atoms with E-state index < -0.39 is 5.97 Å². The van der Waals surface area contributed by atoms with E-state index in [2.05, 4.69) is 0 Å². The van der Waals surface area contributed by atoms with Crippen LogP contribution >= 0.6 is 11.6 Å². The number of Topliss-reactive ketones (excluding diaryl/α,β-unsaturated/α-hetero) is 1. The number of halogens is 1. The van der Waals surface area contributed by atoms with E-state index >= 15 is 0 Å². The minimum absolute atomic E-state index is 0.124. The summed E-state index contributed by atoms with van der Waals surface area (Å²) in [5.41, 5.74) is 0. The molecule has 0 aromatic carbocycles. The quantitative estimate of drug-likeness (QED) is 0.278. The lowest BCUT2D eigenvalue weighted by molar-refractivity contribution is -0.145. The third-order valence-electron chi connectivity index (χ3n) is 1.18. The highest BCUT2D eigenvalue weighted by Gasteiger charge is 2.04. The van der Waals surface area contributed by atoms with Crippen LogP contribution in [-0.4, -0.2) is 24.2 Å². The zero-order valence-electron chi connectivity index (χ0n) is 7.14. The zero-order valence-corrected chi connectivity index (χ0v) is 7.89. The Hall–Kier alpha value is -0.570. The molecule has 0 aromatic rings. The molecule has 3 nitrogen and oxygen atoms in total.